The Bertz CT molecular complexity index is 1270. The van der Waals surface area contributed by atoms with E-state index in [1.807, 2.05) is 49.1 Å². The summed E-state index contributed by atoms with van der Waals surface area (Å²) in [7, 11) is 5.65. The maximum Gasteiger partial charge on any atom is 0.253 e. The number of pyridine rings is 1. The minimum Gasteiger partial charge on any atom is -0.346 e. The van der Waals surface area contributed by atoms with Crippen molar-refractivity contribution in [2.45, 2.75) is 0 Å². The predicted octanol–water partition coefficient (Wildman–Crippen LogP) is 3.14. The van der Waals surface area contributed by atoms with Crippen LogP contribution in [0, 0.1) is 0 Å². The second kappa shape index (κ2) is 8.63. The van der Waals surface area contributed by atoms with Crippen molar-refractivity contribution < 1.29 is 4.79 Å². The van der Waals surface area contributed by atoms with Gasteiger partial charge in [0.1, 0.15) is 5.65 Å². The van der Waals surface area contributed by atoms with Gasteiger partial charge in [-0.1, -0.05) is 12.1 Å². The Hall–Kier alpha value is -3.78. The highest BCUT2D eigenvalue weighted by atomic mass is 16.2. The number of anilines is 1. The van der Waals surface area contributed by atoms with Crippen LogP contribution < -0.4 is 4.90 Å². The summed E-state index contributed by atoms with van der Waals surface area (Å²) < 4.78 is 0. The fourth-order valence-corrected chi connectivity index (χ4v) is 4.09. The molecule has 5 rings (SSSR count). The van der Waals surface area contributed by atoms with Crippen LogP contribution in [0.15, 0.2) is 55.1 Å². The van der Waals surface area contributed by atoms with Gasteiger partial charge < -0.3 is 19.7 Å². The third-order valence-corrected chi connectivity index (χ3v) is 6.14. The Balaban J connectivity index is 1.42. The summed E-state index contributed by atoms with van der Waals surface area (Å²) in [5.74, 6) is 0.764. The fourth-order valence-electron chi connectivity index (χ4n) is 4.09. The zero-order valence-corrected chi connectivity index (χ0v) is 19.1. The Kier molecular flexibility index (Phi) is 5.51. The molecule has 1 fully saturated rings. The number of carbonyl (C=O) groups excluding carboxylic acids is 1. The normalized spacial score (nSPS) is 14.6. The van der Waals surface area contributed by atoms with Crippen LogP contribution in [0.3, 0.4) is 0 Å². The first-order chi connectivity index (χ1) is 16.0. The van der Waals surface area contributed by atoms with Crippen LogP contribution in [0.2, 0.25) is 0 Å². The number of hydrogen-bond donors (Lipinski definition) is 1. The van der Waals surface area contributed by atoms with Crippen LogP contribution in [0.4, 0.5) is 5.95 Å². The van der Waals surface area contributed by atoms with Crippen molar-refractivity contribution in [3.63, 3.8) is 0 Å². The second-order valence-electron chi connectivity index (χ2n) is 8.66. The van der Waals surface area contributed by atoms with Crippen molar-refractivity contribution in [1.29, 1.82) is 0 Å². The number of piperazine rings is 1. The summed E-state index contributed by atoms with van der Waals surface area (Å²) in [5, 5.41) is 1.02. The topological polar surface area (TPSA) is 81.2 Å². The molecule has 3 aromatic heterocycles. The molecule has 8 nitrogen and oxygen atoms in total. The number of nitrogens with zero attached hydrogens (tertiary/aromatic N) is 6. The van der Waals surface area contributed by atoms with E-state index in [4.69, 9.17) is 0 Å². The molecule has 8 heteroatoms. The zero-order valence-electron chi connectivity index (χ0n) is 19.1. The number of rotatable bonds is 4. The monoisotopic (exact) mass is 441 g/mol. The van der Waals surface area contributed by atoms with Crippen molar-refractivity contribution >= 4 is 22.9 Å². The van der Waals surface area contributed by atoms with E-state index in [9.17, 15) is 4.79 Å². The van der Waals surface area contributed by atoms with E-state index < -0.39 is 0 Å². The van der Waals surface area contributed by atoms with Crippen LogP contribution in [0.1, 0.15) is 10.4 Å². The first kappa shape index (κ1) is 21.1. The summed E-state index contributed by atoms with van der Waals surface area (Å²) in [5.41, 5.74) is 5.45. The zero-order chi connectivity index (χ0) is 22.9. The molecule has 1 N–H and O–H groups in total. The van der Waals surface area contributed by atoms with Gasteiger partial charge in [-0.05, 0) is 30.8 Å². The summed E-state index contributed by atoms with van der Waals surface area (Å²) in [6.07, 6.45) is 7.54. The van der Waals surface area contributed by atoms with Gasteiger partial charge >= 0.3 is 0 Å². The molecule has 33 heavy (non-hydrogen) atoms. The van der Waals surface area contributed by atoms with E-state index in [0.717, 1.165) is 65.4 Å². The van der Waals surface area contributed by atoms with Gasteiger partial charge in [-0.3, -0.25) is 4.79 Å². The number of aromatic amines is 1. The highest BCUT2D eigenvalue weighted by Crippen LogP contribution is 2.31. The van der Waals surface area contributed by atoms with Gasteiger partial charge in [0.2, 0.25) is 5.95 Å². The van der Waals surface area contributed by atoms with E-state index >= 15 is 0 Å². The first-order valence-electron chi connectivity index (χ1n) is 11.0. The lowest BCUT2D eigenvalue weighted by Gasteiger charge is -2.32. The molecule has 4 aromatic rings. The maximum absolute atomic E-state index is 12.2. The lowest BCUT2D eigenvalue weighted by atomic mass is 10.0. The third kappa shape index (κ3) is 4.17. The number of benzene rings is 1. The minimum atomic E-state index is -0.00977. The largest absolute Gasteiger partial charge is 0.346 e. The molecule has 0 aliphatic carbocycles. The number of aromatic nitrogens is 4. The summed E-state index contributed by atoms with van der Waals surface area (Å²) in [4.78, 5) is 35.4. The van der Waals surface area contributed by atoms with E-state index in [1.165, 1.54) is 0 Å². The molecule has 1 aromatic carbocycles. The van der Waals surface area contributed by atoms with Crippen LogP contribution in [-0.2, 0) is 0 Å². The molecule has 4 heterocycles. The molecule has 1 amide bonds. The SMILES string of the molecule is CN1CCN(c2ncc(-c3cnc4[nH]cc(-c5ccc(C(=O)N(C)C)cc5)c4c3)cn2)CC1. The van der Waals surface area contributed by atoms with Crippen molar-refractivity contribution in [2.75, 3.05) is 52.2 Å². The van der Waals surface area contributed by atoms with Crippen LogP contribution >= 0.6 is 0 Å². The first-order valence-corrected chi connectivity index (χ1v) is 11.0. The number of nitrogens with one attached hydrogen (secondary N) is 1. The molecule has 1 saturated heterocycles. The van der Waals surface area contributed by atoms with Gasteiger partial charge in [-0.2, -0.15) is 0 Å². The van der Waals surface area contributed by atoms with Gasteiger partial charge in [0.15, 0.2) is 0 Å². The molecule has 0 atom stereocenters. The number of carbonyl (C=O) groups is 1. The molecular formula is C25H27N7O. The summed E-state index contributed by atoms with van der Waals surface area (Å²) >= 11 is 0. The Morgan fingerprint density at radius 1 is 0.909 bits per heavy atom. The molecule has 168 valence electrons. The number of fused-ring (bicyclic) bond motifs is 1. The van der Waals surface area contributed by atoms with Crippen molar-refractivity contribution in [3.8, 4) is 22.3 Å². The lowest BCUT2D eigenvalue weighted by molar-refractivity contribution is 0.0827. The average Bonchev–Trinajstić information content (AvgIpc) is 3.27. The fraction of sp³-hybridized carbons (Fsp3) is 0.280. The van der Waals surface area contributed by atoms with Gasteiger partial charge in [0, 0.05) is 92.7 Å². The number of hydrogen-bond acceptors (Lipinski definition) is 6. The van der Waals surface area contributed by atoms with Crippen LogP contribution in [0.25, 0.3) is 33.3 Å². The Morgan fingerprint density at radius 3 is 2.24 bits per heavy atom. The van der Waals surface area contributed by atoms with Gasteiger partial charge in [0.25, 0.3) is 5.91 Å². The van der Waals surface area contributed by atoms with Crippen LogP contribution in [0.5, 0.6) is 0 Å². The molecule has 0 radical (unpaired) electrons. The second-order valence-corrected chi connectivity index (χ2v) is 8.66. The van der Waals surface area contributed by atoms with E-state index in [2.05, 4.69) is 42.8 Å². The molecule has 1 aliphatic rings. The molecule has 0 spiro atoms. The summed E-state index contributed by atoms with van der Waals surface area (Å²) in [6, 6.07) is 9.78. The van der Waals surface area contributed by atoms with Gasteiger partial charge in [-0.25, -0.2) is 15.0 Å². The van der Waals surface area contributed by atoms with E-state index in [-0.39, 0.29) is 5.91 Å². The standard InChI is InChI=1S/C25H27N7O/c1-30(2)24(33)18-6-4-17(5-7-18)22-16-27-23-21(22)12-19(13-26-23)20-14-28-25(29-15-20)32-10-8-31(3)9-11-32/h4-7,12-16H,8-11H2,1-3H3,(H,26,27). The van der Waals surface area contributed by atoms with Crippen LogP contribution in [-0.4, -0.2) is 83.0 Å². The molecular weight excluding hydrogens is 414 g/mol. The quantitative estimate of drug-likeness (QED) is 0.524. The molecule has 0 saturated carbocycles. The number of amides is 1. The minimum absolute atomic E-state index is 0.00977. The smallest absolute Gasteiger partial charge is 0.253 e. The van der Waals surface area contributed by atoms with E-state index in [0.29, 0.717) is 5.56 Å². The average molecular weight is 442 g/mol. The summed E-state index contributed by atoms with van der Waals surface area (Å²) in [6.45, 7) is 3.92. The highest BCUT2D eigenvalue weighted by molar-refractivity contribution is 5.97. The van der Waals surface area contributed by atoms with E-state index in [1.54, 1.807) is 19.0 Å². The van der Waals surface area contributed by atoms with Crippen molar-refractivity contribution in [1.82, 2.24) is 29.7 Å². The Morgan fingerprint density at radius 2 is 1.58 bits per heavy atom. The van der Waals surface area contributed by atoms with Crippen molar-refractivity contribution in [2.24, 2.45) is 0 Å². The predicted molar refractivity (Wildman–Crippen MR) is 130 cm³/mol. The highest BCUT2D eigenvalue weighted by Gasteiger charge is 2.17. The van der Waals surface area contributed by atoms with Gasteiger partial charge in [0.05, 0.1) is 0 Å². The Labute approximate surface area is 192 Å². The third-order valence-electron chi connectivity index (χ3n) is 6.14. The molecule has 0 unspecified atom stereocenters. The molecule has 1 aliphatic heterocycles. The van der Waals surface area contributed by atoms with Crippen molar-refractivity contribution in [3.05, 3.63) is 60.7 Å². The van der Waals surface area contributed by atoms with Gasteiger partial charge in [-0.15, -0.1) is 0 Å². The maximum atomic E-state index is 12.2. The number of H-pyrrole nitrogens is 1. The lowest BCUT2D eigenvalue weighted by Crippen LogP contribution is -2.45. The number of likely N-dealkylation sites (N-methyl/N-ethyl adjacent to an activating group) is 1. The molecule has 0 bridgehead atoms.